The lowest BCUT2D eigenvalue weighted by molar-refractivity contribution is 0.728. The first-order valence-corrected chi connectivity index (χ1v) is 6.62. The monoisotopic (exact) mass is 270 g/mol. The molecule has 0 saturated carbocycles. The maximum absolute atomic E-state index is 8.99. The van der Waals surface area contributed by atoms with Crippen LogP contribution in [0.4, 0.5) is 0 Å². The van der Waals surface area contributed by atoms with E-state index in [0.717, 1.165) is 24.2 Å². The van der Waals surface area contributed by atoms with E-state index in [1.165, 1.54) is 5.56 Å². The fraction of sp³-hybridized carbons (Fsp3) is 0.188. The molecule has 0 amide bonds. The molecule has 0 aliphatic carbocycles. The predicted octanol–water partition coefficient (Wildman–Crippen LogP) is 3.99. The lowest BCUT2D eigenvalue weighted by Crippen LogP contribution is -2.12. The maximum Gasteiger partial charge on any atom is 0.0991 e. The number of nitriles is 1. The second-order valence-electron chi connectivity index (χ2n) is 4.27. The molecule has 0 aliphatic heterocycles. The molecule has 0 saturated heterocycles. The van der Waals surface area contributed by atoms with Crippen LogP contribution in [0.25, 0.3) is 11.1 Å². The third-order valence-corrected chi connectivity index (χ3v) is 3.18. The van der Waals surface area contributed by atoms with Crippen LogP contribution in [0.5, 0.6) is 0 Å². The zero-order valence-electron chi connectivity index (χ0n) is 10.8. The Kier molecular flexibility index (Phi) is 4.57. The third kappa shape index (κ3) is 3.35. The summed E-state index contributed by atoms with van der Waals surface area (Å²) in [6, 6.07) is 15.6. The summed E-state index contributed by atoms with van der Waals surface area (Å²) >= 11 is 6.09. The van der Waals surface area contributed by atoms with Gasteiger partial charge in [-0.3, -0.25) is 0 Å². The molecular formula is C16H15ClN2. The van der Waals surface area contributed by atoms with Crippen molar-refractivity contribution in [3.8, 4) is 17.2 Å². The first-order valence-electron chi connectivity index (χ1n) is 6.24. The van der Waals surface area contributed by atoms with E-state index in [0.29, 0.717) is 10.6 Å². The summed E-state index contributed by atoms with van der Waals surface area (Å²) in [4.78, 5) is 0. The molecule has 0 heterocycles. The minimum atomic E-state index is 0.659. The van der Waals surface area contributed by atoms with Gasteiger partial charge < -0.3 is 5.32 Å². The van der Waals surface area contributed by atoms with Gasteiger partial charge in [-0.2, -0.15) is 5.26 Å². The van der Waals surface area contributed by atoms with Crippen LogP contribution in [0.1, 0.15) is 18.1 Å². The Hall–Kier alpha value is -1.82. The number of nitrogens with zero attached hydrogens (tertiary/aromatic N) is 1. The van der Waals surface area contributed by atoms with Crippen molar-refractivity contribution in [2.24, 2.45) is 0 Å². The highest BCUT2D eigenvalue weighted by molar-refractivity contribution is 6.30. The molecule has 2 rings (SSSR count). The number of hydrogen-bond donors (Lipinski definition) is 1. The van der Waals surface area contributed by atoms with Crippen LogP contribution in [0.15, 0.2) is 42.5 Å². The number of hydrogen-bond acceptors (Lipinski definition) is 2. The molecule has 96 valence electrons. The minimum Gasteiger partial charge on any atom is -0.313 e. The molecule has 19 heavy (non-hydrogen) atoms. The molecule has 2 aromatic carbocycles. The molecule has 0 unspecified atom stereocenters. The average molecular weight is 271 g/mol. The smallest absolute Gasteiger partial charge is 0.0991 e. The van der Waals surface area contributed by atoms with Crippen LogP contribution >= 0.6 is 11.6 Å². The molecule has 0 spiro atoms. The molecule has 0 aliphatic rings. The standard InChI is InChI=1S/C16H15ClN2/c1-2-19-11-14-6-7-15(17)9-16(14)13-5-3-4-12(8-13)10-18/h3-9,19H,2,11H2,1H3. The second kappa shape index (κ2) is 6.38. The van der Waals surface area contributed by atoms with Crippen LogP contribution in [0.3, 0.4) is 0 Å². The predicted molar refractivity (Wildman–Crippen MR) is 79.0 cm³/mol. The molecule has 0 atom stereocenters. The van der Waals surface area contributed by atoms with Crippen molar-refractivity contribution in [3.63, 3.8) is 0 Å². The summed E-state index contributed by atoms with van der Waals surface area (Å²) in [5, 5.41) is 13.0. The summed E-state index contributed by atoms with van der Waals surface area (Å²) in [6.45, 7) is 3.78. The van der Waals surface area contributed by atoms with Crippen molar-refractivity contribution in [2.75, 3.05) is 6.54 Å². The SMILES string of the molecule is CCNCc1ccc(Cl)cc1-c1cccc(C#N)c1. The molecule has 2 nitrogen and oxygen atoms in total. The van der Waals surface area contributed by atoms with Gasteiger partial charge in [-0.25, -0.2) is 0 Å². The molecule has 0 radical (unpaired) electrons. The van der Waals surface area contributed by atoms with E-state index in [-0.39, 0.29) is 0 Å². The van der Waals surface area contributed by atoms with E-state index in [2.05, 4.69) is 18.3 Å². The maximum atomic E-state index is 8.99. The van der Waals surface area contributed by atoms with Crippen LogP contribution in [-0.4, -0.2) is 6.54 Å². The summed E-state index contributed by atoms with van der Waals surface area (Å²) in [5.41, 5.74) is 3.94. The highest BCUT2D eigenvalue weighted by Crippen LogP contribution is 2.27. The van der Waals surface area contributed by atoms with E-state index < -0.39 is 0 Å². The quantitative estimate of drug-likeness (QED) is 0.912. The number of halogens is 1. The van der Waals surface area contributed by atoms with E-state index >= 15 is 0 Å². The van der Waals surface area contributed by atoms with Crippen molar-refractivity contribution in [2.45, 2.75) is 13.5 Å². The van der Waals surface area contributed by atoms with Crippen LogP contribution in [-0.2, 0) is 6.54 Å². The Bertz CT molecular complexity index is 614. The Morgan fingerprint density at radius 1 is 1.21 bits per heavy atom. The summed E-state index contributed by atoms with van der Waals surface area (Å²) in [6.07, 6.45) is 0. The summed E-state index contributed by atoms with van der Waals surface area (Å²) in [7, 11) is 0. The average Bonchev–Trinajstić information content (AvgIpc) is 2.46. The van der Waals surface area contributed by atoms with Gasteiger partial charge >= 0.3 is 0 Å². The van der Waals surface area contributed by atoms with Gasteiger partial charge in [0.05, 0.1) is 11.6 Å². The Morgan fingerprint density at radius 2 is 2.05 bits per heavy atom. The molecule has 0 fully saturated rings. The number of nitrogens with one attached hydrogen (secondary N) is 1. The Labute approximate surface area is 118 Å². The number of benzene rings is 2. The zero-order chi connectivity index (χ0) is 13.7. The molecule has 3 heteroatoms. The first-order chi connectivity index (χ1) is 9.24. The zero-order valence-corrected chi connectivity index (χ0v) is 11.5. The topological polar surface area (TPSA) is 35.8 Å². The van der Waals surface area contributed by atoms with E-state index in [9.17, 15) is 0 Å². The second-order valence-corrected chi connectivity index (χ2v) is 4.71. The summed E-state index contributed by atoms with van der Waals surface area (Å²) in [5.74, 6) is 0. The molecule has 1 N–H and O–H groups in total. The van der Waals surface area contributed by atoms with Gasteiger partial charge in [-0.05, 0) is 47.5 Å². The third-order valence-electron chi connectivity index (χ3n) is 2.94. The van der Waals surface area contributed by atoms with Crippen molar-refractivity contribution >= 4 is 11.6 Å². The van der Waals surface area contributed by atoms with E-state index in [4.69, 9.17) is 16.9 Å². The molecular weight excluding hydrogens is 256 g/mol. The van der Waals surface area contributed by atoms with Gasteiger partial charge in [-0.1, -0.05) is 36.7 Å². The van der Waals surface area contributed by atoms with Crippen molar-refractivity contribution in [1.82, 2.24) is 5.32 Å². The lowest BCUT2D eigenvalue weighted by Gasteiger charge is -2.11. The van der Waals surface area contributed by atoms with Crippen LogP contribution in [0, 0.1) is 11.3 Å². The van der Waals surface area contributed by atoms with E-state index in [1.54, 1.807) is 6.07 Å². The largest absolute Gasteiger partial charge is 0.313 e. The van der Waals surface area contributed by atoms with Gasteiger partial charge in [0.15, 0.2) is 0 Å². The van der Waals surface area contributed by atoms with Gasteiger partial charge in [0.1, 0.15) is 0 Å². The Morgan fingerprint density at radius 3 is 2.79 bits per heavy atom. The van der Waals surface area contributed by atoms with Crippen LogP contribution < -0.4 is 5.32 Å². The van der Waals surface area contributed by atoms with E-state index in [1.807, 2.05) is 36.4 Å². The molecule has 2 aromatic rings. The lowest BCUT2D eigenvalue weighted by atomic mass is 9.98. The van der Waals surface area contributed by atoms with Gasteiger partial charge in [0, 0.05) is 11.6 Å². The van der Waals surface area contributed by atoms with Gasteiger partial charge in [0.25, 0.3) is 0 Å². The highest BCUT2D eigenvalue weighted by atomic mass is 35.5. The summed E-state index contributed by atoms with van der Waals surface area (Å²) < 4.78 is 0. The fourth-order valence-corrected chi connectivity index (χ4v) is 2.16. The Balaban J connectivity index is 2.47. The molecule has 0 aromatic heterocycles. The highest BCUT2D eigenvalue weighted by Gasteiger charge is 2.06. The van der Waals surface area contributed by atoms with Gasteiger partial charge in [0.2, 0.25) is 0 Å². The minimum absolute atomic E-state index is 0.659. The van der Waals surface area contributed by atoms with Gasteiger partial charge in [-0.15, -0.1) is 0 Å². The fourth-order valence-electron chi connectivity index (χ4n) is 1.99. The van der Waals surface area contributed by atoms with Crippen molar-refractivity contribution in [1.29, 1.82) is 5.26 Å². The first kappa shape index (κ1) is 13.6. The number of rotatable bonds is 4. The normalized spacial score (nSPS) is 10.2. The molecule has 0 bridgehead atoms. The van der Waals surface area contributed by atoms with Crippen molar-refractivity contribution in [3.05, 3.63) is 58.6 Å². The van der Waals surface area contributed by atoms with Crippen LogP contribution in [0.2, 0.25) is 5.02 Å². The van der Waals surface area contributed by atoms with Crippen molar-refractivity contribution < 1.29 is 0 Å².